The molecule has 2 heterocycles. The highest BCUT2D eigenvalue weighted by Gasteiger charge is 2.27. The Balaban J connectivity index is 1.60. The number of rotatable bonds is 5. The van der Waals surface area contributed by atoms with E-state index in [2.05, 4.69) is 20.7 Å². The number of hydrogen-bond acceptors (Lipinski definition) is 5. The molecule has 0 radical (unpaired) electrons. The minimum atomic E-state index is -0.371. The first-order valence-electron chi connectivity index (χ1n) is 7.17. The minimum absolute atomic E-state index is 0.0501. The fourth-order valence-electron chi connectivity index (χ4n) is 2.29. The van der Waals surface area contributed by atoms with Gasteiger partial charge >= 0.3 is 6.03 Å². The van der Waals surface area contributed by atoms with E-state index >= 15 is 0 Å². The van der Waals surface area contributed by atoms with E-state index in [0.717, 1.165) is 0 Å². The van der Waals surface area contributed by atoms with Crippen molar-refractivity contribution in [2.24, 2.45) is 0 Å². The van der Waals surface area contributed by atoms with E-state index in [0.29, 0.717) is 36.5 Å². The molecule has 8 nitrogen and oxygen atoms in total. The summed E-state index contributed by atoms with van der Waals surface area (Å²) in [6.07, 6.45) is 0.525. The van der Waals surface area contributed by atoms with Gasteiger partial charge in [-0.3, -0.25) is 9.69 Å². The van der Waals surface area contributed by atoms with Gasteiger partial charge in [0, 0.05) is 12.1 Å². The zero-order chi connectivity index (χ0) is 16.4. The maximum atomic E-state index is 13.3. The number of amides is 3. The summed E-state index contributed by atoms with van der Waals surface area (Å²) in [5.74, 6) is -0.109. The predicted octanol–water partition coefficient (Wildman–Crippen LogP) is 0.730. The minimum Gasteiger partial charge on any atom is -0.329 e. The van der Waals surface area contributed by atoms with Crippen LogP contribution in [0.4, 0.5) is 9.18 Å². The van der Waals surface area contributed by atoms with Gasteiger partial charge in [0.1, 0.15) is 5.82 Å². The lowest BCUT2D eigenvalue weighted by Crippen LogP contribution is -2.32. The smallest absolute Gasteiger partial charge is 0.324 e. The normalized spacial score (nSPS) is 14.4. The van der Waals surface area contributed by atoms with Gasteiger partial charge in [0.2, 0.25) is 11.7 Å². The Kier molecular flexibility index (Phi) is 4.00. The van der Waals surface area contributed by atoms with E-state index in [-0.39, 0.29) is 24.3 Å². The second-order valence-corrected chi connectivity index (χ2v) is 5.23. The number of halogens is 1. The number of aryl methyl sites for hydroxylation is 2. The van der Waals surface area contributed by atoms with Gasteiger partial charge in [-0.2, -0.15) is 4.80 Å². The Morgan fingerprint density at radius 2 is 2.13 bits per heavy atom. The summed E-state index contributed by atoms with van der Waals surface area (Å²) < 4.78 is 13.3. The van der Waals surface area contributed by atoms with E-state index in [1.165, 1.54) is 15.8 Å². The molecule has 3 amide bonds. The van der Waals surface area contributed by atoms with Gasteiger partial charge in [-0.25, -0.2) is 9.18 Å². The summed E-state index contributed by atoms with van der Waals surface area (Å²) in [6.45, 7) is 2.44. The summed E-state index contributed by atoms with van der Waals surface area (Å²) in [5.41, 5.74) is 1.20. The standard InChI is InChI=1S/C14H15FN6O2/c1-9-7-10(3-4-11(9)15)13-17-19-21(18-13)6-2-5-20-12(22)8-16-14(20)23/h3-4,7H,2,5-6,8H2,1H3,(H,16,23). The van der Waals surface area contributed by atoms with Crippen molar-refractivity contribution in [2.45, 2.75) is 19.9 Å². The number of benzene rings is 1. The molecule has 0 bridgehead atoms. The van der Waals surface area contributed by atoms with Crippen molar-refractivity contribution < 1.29 is 14.0 Å². The molecule has 0 spiro atoms. The van der Waals surface area contributed by atoms with Crippen LogP contribution in [0.15, 0.2) is 18.2 Å². The molecule has 9 heteroatoms. The van der Waals surface area contributed by atoms with Crippen molar-refractivity contribution in [1.29, 1.82) is 0 Å². The Morgan fingerprint density at radius 1 is 1.30 bits per heavy atom. The second-order valence-electron chi connectivity index (χ2n) is 5.23. The lowest BCUT2D eigenvalue weighted by atomic mass is 10.1. The average Bonchev–Trinajstić information content (AvgIpc) is 3.12. The van der Waals surface area contributed by atoms with E-state index in [4.69, 9.17) is 0 Å². The lowest BCUT2D eigenvalue weighted by Gasteiger charge is -2.10. The third kappa shape index (κ3) is 3.17. The van der Waals surface area contributed by atoms with Gasteiger partial charge in [-0.05, 0) is 42.3 Å². The van der Waals surface area contributed by atoms with Crippen molar-refractivity contribution in [3.8, 4) is 11.4 Å². The van der Waals surface area contributed by atoms with Crippen molar-refractivity contribution in [3.05, 3.63) is 29.6 Å². The van der Waals surface area contributed by atoms with Crippen molar-refractivity contribution >= 4 is 11.9 Å². The highest BCUT2D eigenvalue weighted by atomic mass is 19.1. The largest absolute Gasteiger partial charge is 0.329 e. The monoisotopic (exact) mass is 318 g/mol. The molecular formula is C14H15FN6O2. The van der Waals surface area contributed by atoms with Crippen LogP contribution in [0.1, 0.15) is 12.0 Å². The Labute approximate surface area is 131 Å². The Morgan fingerprint density at radius 3 is 2.83 bits per heavy atom. The number of imide groups is 1. The maximum Gasteiger partial charge on any atom is 0.324 e. The second kappa shape index (κ2) is 6.11. The zero-order valence-electron chi connectivity index (χ0n) is 12.5. The van der Waals surface area contributed by atoms with E-state index in [9.17, 15) is 14.0 Å². The SMILES string of the molecule is Cc1cc(-c2nnn(CCCN3C(=O)CNC3=O)n2)ccc1F. The van der Waals surface area contributed by atoms with Crippen molar-refractivity contribution in [2.75, 3.05) is 13.1 Å². The molecule has 1 aliphatic rings. The van der Waals surface area contributed by atoms with Crippen LogP contribution in [-0.4, -0.2) is 50.1 Å². The fraction of sp³-hybridized carbons (Fsp3) is 0.357. The summed E-state index contributed by atoms with van der Waals surface area (Å²) in [7, 11) is 0. The van der Waals surface area contributed by atoms with Gasteiger partial charge in [0.15, 0.2) is 0 Å². The molecule has 120 valence electrons. The van der Waals surface area contributed by atoms with Crippen molar-refractivity contribution in [1.82, 2.24) is 30.4 Å². The molecule has 1 fully saturated rings. The topological polar surface area (TPSA) is 93.0 Å². The molecule has 1 saturated heterocycles. The van der Waals surface area contributed by atoms with Crippen LogP contribution in [0.3, 0.4) is 0 Å². The molecule has 1 aromatic carbocycles. The number of hydrogen-bond donors (Lipinski definition) is 1. The number of carbonyl (C=O) groups excluding carboxylic acids is 2. The number of urea groups is 1. The van der Waals surface area contributed by atoms with Gasteiger partial charge in [-0.1, -0.05) is 0 Å². The third-order valence-electron chi connectivity index (χ3n) is 3.55. The van der Waals surface area contributed by atoms with Crippen LogP contribution in [0.2, 0.25) is 0 Å². The summed E-state index contributed by atoms with van der Waals surface area (Å²) in [5, 5.41) is 14.5. The van der Waals surface area contributed by atoms with Gasteiger partial charge in [0.25, 0.3) is 0 Å². The fourth-order valence-corrected chi connectivity index (χ4v) is 2.29. The molecular weight excluding hydrogens is 303 g/mol. The first-order valence-corrected chi connectivity index (χ1v) is 7.17. The van der Waals surface area contributed by atoms with Crippen LogP contribution < -0.4 is 5.32 Å². The van der Waals surface area contributed by atoms with Gasteiger partial charge in [0.05, 0.1) is 13.1 Å². The molecule has 1 aliphatic heterocycles. The number of nitrogens with one attached hydrogen (secondary N) is 1. The molecule has 0 aliphatic carbocycles. The van der Waals surface area contributed by atoms with E-state index in [1.807, 2.05) is 0 Å². The van der Waals surface area contributed by atoms with Crippen LogP contribution in [-0.2, 0) is 11.3 Å². The summed E-state index contributed by atoms with van der Waals surface area (Å²) in [6, 6.07) is 4.24. The molecule has 1 N–H and O–H groups in total. The first kappa shape index (κ1) is 15.1. The first-order chi connectivity index (χ1) is 11.0. The maximum absolute atomic E-state index is 13.3. The quantitative estimate of drug-likeness (QED) is 0.820. The average molecular weight is 318 g/mol. The summed E-state index contributed by atoms with van der Waals surface area (Å²) >= 11 is 0. The van der Waals surface area contributed by atoms with Crippen LogP contribution >= 0.6 is 0 Å². The Bertz CT molecular complexity index is 743. The summed E-state index contributed by atoms with van der Waals surface area (Å²) in [4.78, 5) is 25.4. The van der Waals surface area contributed by atoms with Gasteiger partial charge in [-0.15, -0.1) is 10.2 Å². The van der Waals surface area contributed by atoms with Crippen molar-refractivity contribution in [3.63, 3.8) is 0 Å². The number of aromatic nitrogens is 4. The van der Waals surface area contributed by atoms with Gasteiger partial charge < -0.3 is 5.32 Å². The van der Waals surface area contributed by atoms with Crippen LogP contribution in [0.5, 0.6) is 0 Å². The highest BCUT2D eigenvalue weighted by molar-refractivity contribution is 6.01. The molecule has 2 aromatic rings. The molecule has 3 rings (SSSR count). The zero-order valence-corrected chi connectivity index (χ0v) is 12.5. The number of carbonyl (C=O) groups is 2. The number of nitrogens with zero attached hydrogens (tertiary/aromatic N) is 5. The van der Waals surface area contributed by atoms with E-state index < -0.39 is 0 Å². The van der Waals surface area contributed by atoms with E-state index in [1.54, 1.807) is 19.1 Å². The predicted molar refractivity (Wildman–Crippen MR) is 77.7 cm³/mol. The third-order valence-corrected chi connectivity index (χ3v) is 3.55. The lowest BCUT2D eigenvalue weighted by molar-refractivity contribution is -0.125. The molecule has 1 aromatic heterocycles. The highest BCUT2D eigenvalue weighted by Crippen LogP contribution is 2.17. The Hall–Kier alpha value is -2.84. The van der Waals surface area contributed by atoms with Crippen LogP contribution in [0, 0.1) is 12.7 Å². The molecule has 0 unspecified atom stereocenters. The molecule has 0 saturated carbocycles. The molecule has 23 heavy (non-hydrogen) atoms. The number of tetrazole rings is 1. The van der Waals surface area contributed by atoms with Crippen LogP contribution in [0.25, 0.3) is 11.4 Å². The molecule has 0 atom stereocenters.